The summed E-state index contributed by atoms with van der Waals surface area (Å²) in [5, 5.41) is 2.65. The number of hydrogen-bond acceptors (Lipinski definition) is 4. The van der Waals surface area contributed by atoms with Gasteiger partial charge in [-0.1, -0.05) is 30.3 Å². The molecule has 0 spiro atoms. The van der Waals surface area contributed by atoms with E-state index in [-0.39, 0.29) is 31.2 Å². The van der Waals surface area contributed by atoms with E-state index in [9.17, 15) is 17.6 Å². The third-order valence-corrected chi connectivity index (χ3v) is 5.21. The molecule has 152 valence electrons. The maximum absolute atomic E-state index is 13.6. The van der Waals surface area contributed by atoms with Crippen LogP contribution >= 0.6 is 0 Å². The van der Waals surface area contributed by atoms with Crippen LogP contribution in [0.5, 0.6) is 5.75 Å². The Morgan fingerprint density at radius 2 is 1.82 bits per heavy atom. The zero-order valence-corrected chi connectivity index (χ0v) is 16.8. The van der Waals surface area contributed by atoms with Crippen LogP contribution in [0.25, 0.3) is 0 Å². The van der Waals surface area contributed by atoms with E-state index in [1.165, 1.54) is 10.4 Å². The number of rotatable bonds is 10. The molecule has 0 saturated carbocycles. The molecule has 6 nitrogen and oxygen atoms in total. The first-order chi connectivity index (χ1) is 13.3. The van der Waals surface area contributed by atoms with E-state index in [4.69, 9.17) is 4.74 Å². The van der Waals surface area contributed by atoms with E-state index >= 15 is 0 Å². The third kappa shape index (κ3) is 6.23. The summed E-state index contributed by atoms with van der Waals surface area (Å²) < 4.78 is 44.8. The maximum Gasteiger partial charge on any atom is 0.232 e. The van der Waals surface area contributed by atoms with Crippen molar-refractivity contribution in [2.24, 2.45) is 0 Å². The van der Waals surface area contributed by atoms with E-state index in [1.54, 1.807) is 42.5 Å². The zero-order valence-electron chi connectivity index (χ0n) is 16.0. The van der Waals surface area contributed by atoms with Gasteiger partial charge in [0.15, 0.2) is 0 Å². The van der Waals surface area contributed by atoms with E-state index in [0.717, 1.165) is 6.26 Å². The molecule has 2 rings (SSSR count). The van der Waals surface area contributed by atoms with Gasteiger partial charge in [-0.15, -0.1) is 0 Å². The first-order valence-corrected chi connectivity index (χ1v) is 10.9. The minimum absolute atomic E-state index is 0.0917. The molecule has 2 aromatic rings. The quantitative estimate of drug-likeness (QED) is 0.656. The number of para-hydroxylation sites is 2. The number of carbonyl (C=O) groups excluding carboxylic acids is 1. The second-order valence-electron chi connectivity index (χ2n) is 6.21. The fourth-order valence-corrected chi connectivity index (χ4v) is 3.68. The summed E-state index contributed by atoms with van der Waals surface area (Å²) in [4.78, 5) is 12.0. The van der Waals surface area contributed by atoms with Gasteiger partial charge >= 0.3 is 0 Å². The molecule has 0 bridgehead atoms. The van der Waals surface area contributed by atoms with Crippen molar-refractivity contribution in [3.05, 3.63) is 59.9 Å². The number of halogens is 1. The molecule has 0 aliphatic heterocycles. The Morgan fingerprint density at radius 3 is 2.50 bits per heavy atom. The van der Waals surface area contributed by atoms with Crippen molar-refractivity contribution >= 4 is 21.6 Å². The van der Waals surface area contributed by atoms with E-state index in [0.29, 0.717) is 30.0 Å². The average molecular weight is 408 g/mol. The van der Waals surface area contributed by atoms with Crippen LogP contribution in [-0.4, -0.2) is 33.7 Å². The van der Waals surface area contributed by atoms with Gasteiger partial charge < -0.3 is 10.1 Å². The topological polar surface area (TPSA) is 75.7 Å². The molecule has 0 unspecified atom stereocenters. The van der Waals surface area contributed by atoms with Crippen molar-refractivity contribution in [3.63, 3.8) is 0 Å². The molecule has 0 fully saturated rings. The summed E-state index contributed by atoms with van der Waals surface area (Å²) in [5.74, 6) is -0.173. The number of benzene rings is 2. The summed E-state index contributed by atoms with van der Waals surface area (Å²) in [5.41, 5.74) is 0.845. The van der Waals surface area contributed by atoms with E-state index in [2.05, 4.69) is 5.32 Å². The van der Waals surface area contributed by atoms with Crippen LogP contribution < -0.4 is 14.4 Å². The summed E-state index contributed by atoms with van der Waals surface area (Å²) in [7, 11) is -3.55. The molecule has 0 aromatic heterocycles. The fourth-order valence-electron chi connectivity index (χ4n) is 2.71. The van der Waals surface area contributed by atoms with Crippen LogP contribution in [0.2, 0.25) is 0 Å². The lowest BCUT2D eigenvalue weighted by molar-refractivity contribution is -0.121. The monoisotopic (exact) mass is 408 g/mol. The molecule has 2 aromatic carbocycles. The Kier molecular flexibility index (Phi) is 7.80. The van der Waals surface area contributed by atoms with Crippen molar-refractivity contribution in [3.8, 4) is 5.75 Å². The van der Waals surface area contributed by atoms with Crippen LogP contribution in [0.3, 0.4) is 0 Å². The van der Waals surface area contributed by atoms with Crippen molar-refractivity contribution in [2.45, 2.75) is 26.3 Å². The summed E-state index contributed by atoms with van der Waals surface area (Å²) in [6.07, 6.45) is 1.56. The normalized spacial score (nSPS) is 11.1. The second kappa shape index (κ2) is 10.1. The summed E-state index contributed by atoms with van der Waals surface area (Å²) >= 11 is 0. The van der Waals surface area contributed by atoms with Gasteiger partial charge in [0.25, 0.3) is 0 Å². The third-order valence-electron chi connectivity index (χ3n) is 4.03. The van der Waals surface area contributed by atoms with Gasteiger partial charge in [-0.05, 0) is 31.5 Å². The van der Waals surface area contributed by atoms with Gasteiger partial charge in [-0.3, -0.25) is 9.10 Å². The van der Waals surface area contributed by atoms with E-state index < -0.39 is 10.0 Å². The lowest BCUT2D eigenvalue weighted by atomic mass is 10.2. The Morgan fingerprint density at radius 1 is 1.14 bits per heavy atom. The Labute approximate surface area is 165 Å². The predicted molar refractivity (Wildman–Crippen MR) is 107 cm³/mol. The molecule has 0 radical (unpaired) electrons. The highest BCUT2D eigenvalue weighted by molar-refractivity contribution is 7.92. The van der Waals surface area contributed by atoms with Crippen LogP contribution in [0.4, 0.5) is 10.1 Å². The molecular weight excluding hydrogens is 383 g/mol. The van der Waals surface area contributed by atoms with Crippen molar-refractivity contribution in [2.75, 3.05) is 23.7 Å². The number of amides is 1. The number of hydrogen-bond donors (Lipinski definition) is 1. The standard InChI is InChI=1S/C20H25FN2O4S/c1-3-27-19-12-7-6-11-18(19)23(28(2,25)26)14-8-13-20(24)22-15-16-9-4-5-10-17(16)21/h4-7,9-12H,3,8,13-15H2,1-2H3,(H,22,24). The molecule has 0 heterocycles. The fraction of sp³-hybridized carbons (Fsp3) is 0.350. The average Bonchev–Trinajstić information content (AvgIpc) is 2.65. The minimum atomic E-state index is -3.55. The number of ether oxygens (including phenoxy) is 1. The summed E-state index contributed by atoms with van der Waals surface area (Å²) in [6, 6.07) is 13.1. The van der Waals surface area contributed by atoms with Gasteiger partial charge in [0.2, 0.25) is 15.9 Å². The largest absolute Gasteiger partial charge is 0.492 e. The molecular formula is C20H25FN2O4S. The van der Waals surface area contributed by atoms with Crippen LogP contribution in [0.15, 0.2) is 48.5 Å². The van der Waals surface area contributed by atoms with E-state index in [1.807, 2.05) is 6.92 Å². The number of carbonyl (C=O) groups is 1. The van der Waals surface area contributed by atoms with Gasteiger partial charge in [0.05, 0.1) is 18.6 Å². The predicted octanol–water partition coefficient (Wildman–Crippen LogP) is 3.09. The summed E-state index contributed by atoms with van der Waals surface area (Å²) in [6.45, 7) is 2.46. The van der Waals surface area contributed by atoms with Gasteiger partial charge in [0.1, 0.15) is 11.6 Å². The number of nitrogens with one attached hydrogen (secondary N) is 1. The molecule has 28 heavy (non-hydrogen) atoms. The highest BCUT2D eigenvalue weighted by Gasteiger charge is 2.21. The maximum atomic E-state index is 13.6. The second-order valence-corrected chi connectivity index (χ2v) is 8.11. The van der Waals surface area contributed by atoms with Gasteiger partial charge in [-0.2, -0.15) is 0 Å². The smallest absolute Gasteiger partial charge is 0.232 e. The number of anilines is 1. The van der Waals surface area contributed by atoms with Crippen molar-refractivity contribution in [1.29, 1.82) is 0 Å². The molecule has 1 N–H and O–H groups in total. The number of sulfonamides is 1. The highest BCUT2D eigenvalue weighted by atomic mass is 32.2. The Balaban J connectivity index is 1.96. The lowest BCUT2D eigenvalue weighted by Gasteiger charge is -2.24. The first-order valence-electron chi connectivity index (χ1n) is 9.02. The molecule has 0 aliphatic rings. The highest BCUT2D eigenvalue weighted by Crippen LogP contribution is 2.30. The molecule has 0 aliphatic carbocycles. The minimum Gasteiger partial charge on any atom is -0.492 e. The molecule has 1 amide bonds. The zero-order chi connectivity index (χ0) is 20.6. The SMILES string of the molecule is CCOc1ccccc1N(CCCC(=O)NCc1ccccc1F)S(C)(=O)=O. The van der Waals surface area contributed by atoms with Crippen molar-refractivity contribution < 1.29 is 22.3 Å². The Hall–Kier alpha value is -2.61. The molecule has 0 atom stereocenters. The van der Waals surface area contributed by atoms with Gasteiger partial charge in [0, 0.05) is 25.1 Å². The van der Waals surface area contributed by atoms with Crippen LogP contribution in [0, 0.1) is 5.82 Å². The van der Waals surface area contributed by atoms with Crippen LogP contribution in [-0.2, 0) is 21.4 Å². The number of nitrogens with zero attached hydrogens (tertiary/aromatic N) is 1. The molecule has 0 saturated heterocycles. The van der Waals surface area contributed by atoms with Crippen molar-refractivity contribution in [1.82, 2.24) is 5.32 Å². The first kappa shape index (κ1) is 21.7. The van der Waals surface area contributed by atoms with Crippen LogP contribution in [0.1, 0.15) is 25.3 Å². The Bertz CT molecular complexity index is 903. The van der Waals surface area contributed by atoms with Gasteiger partial charge in [-0.25, -0.2) is 12.8 Å². The molecule has 8 heteroatoms. The lowest BCUT2D eigenvalue weighted by Crippen LogP contribution is -2.32.